The normalized spacial score (nSPS) is 11.6. The summed E-state index contributed by atoms with van der Waals surface area (Å²) in [6.07, 6.45) is 46.6. The lowest BCUT2D eigenvalue weighted by Gasteiger charge is -2.18. The first-order valence-corrected chi connectivity index (χ1v) is 27.3. The second kappa shape index (κ2) is 49.5. The summed E-state index contributed by atoms with van der Waals surface area (Å²) in [5.41, 5.74) is 0. The predicted molar refractivity (Wildman–Crippen MR) is 271 cm³/mol. The third-order valence-electron chi connectivity index (χ3n) is 11.9. The van der Waals surface area contributed by atoms with E-state index >= 15 is 0 Å². The van der Waals surface area contributed by atoms with Crippen LogP contribution in [0.25, 0.3) is 0 Å². The molecule has 0 aromatic carbocycles. The maximum atomic E-state index is 12.8. The molecule has 0 saturated heterocycles. The van der Waals surface area contributed by atoms with E-state index in [0.717, 1.165) is 116 Å². The first-order valence-electron chi connectivity index (χ1n) is 27.3. The minimum absolute atomic E-state index is 0.178. The van der Waals surface area contributed by atoms with E-state index in [4.69, 9.17) is 14.2 Å². The zero-order chi connectivity index (χ0) is 48.4. The van der Waals surface area contributed by atoms with E-state index < -0.39 is 12.1 Å². The highest BCUT2D eigenvalue weighted by Gasteiger charge is 2.19. The molecule has 0 N–H and O–H groups in total. The molecular weight excluding hydrogens is 829 g/mol. The molecule has 0 rings (SSSR count). The maximum absolute atomic E-state index is 12.8. The number of unbranched alkanes of at least 4 members (excludes halogenated alkanes) is 27. The van der Waals surface area contributed by atoms with E-state index in [-0.39, 0.29) is 61.8 Å². The van der Waals surface area contributed by atoms with Crippen molar-refractivity contribution in [3.05, 3.63) is 36.5 Å². The van der Waals surface area contributed by atoms with Gasteiger partial charge in [0.05, 0.1) is 0 Å². The second-order valence-electron chi connectivity index (χ2n) is 18.5. The van der Waals surface area contributed by atoms with Crippen molar-refractivity contribution >= 4 is 35.3 Å². The van der Waals surface area contributed by atoms with E-state index in [1.165, 1.54) is 77.0 Å². The third-order valence-corrected chi connectivity index (χ3v) is 11.9. The van der Waals surface area contributed by atoms with Crippen LogP contribution in [-0.4, -0.2) is 54.6 Å². The number of ketones is 3. The average molecular weight is 927 g/mol. The molecule has 0 amide bonds. The van der Waals surface area contributed by atoms with Crippen molar-refractivity contribution in [2.45, 2.75) is 277 Å². The molecule has 0 heterocycles. The first-order chi connectivity index (χ1) is 32.2. The number of esters is 3. The minimum Gasteiger partial charge on any atom is -0.462 e. The molecule has 0 bridgehead atoms. The van der Waals surface area contributed by atoms with Crippen molar-refractivity contribution in [2.24, 2.45) is 0 Å². The van der Waals surface area contributed by atoms with Crippen molar-refractivity contribution in [3.8, 4) is 0 Å². The highest BCUT2D eigenvalue weighted by Crippen LogP contribution is 2.14. The lowest BCUT2D eigenvalue weighted by Crippen LogP contribution is -2.30. The number of carbonyl (C=O) groups excluding carboxylic acids is 6. The molecule has 0 aliphatic heterocycles. The van der Waals surface area contributed by atoms with Crippen molar-refractivity contribution < 1.29 is 43.0 Å². The highest BCUT2D eigenvalue weighted by molar-refractivity contribution is 5.90. The Labute approximate surface area is 403 Å². The van der Waals surface area contributed by atoms with Crippen LogP contribution in [0.2, 0.25) is 0 Å². The van der Waals surface area contributed by atoms with Crippen LogP contribution in [0.5, 0.6) is 0 Å². The largest absolute Gasteiger partial charge is 0.462 e. The van der Waals surface area contributed by atoms with Gasteiger partial charge in [0.25, 0.3) is 0 Å². The van der Waals surface area contributed by atoms with E-state index in [0.29, 0.717) is 38.5 Å². The SMILES string of the molecule is CCCCCCC/C=C/C(=O)CCCCCCCC(=O)OCC(COC(=O)CCCCCCCC(=O)/C=C/CCCCCCC)OC(=O)CCCCCCCC(=O)/C=C/CCCCCCC. The fraction of sp³-hybridized carbons (Fsp3) is 0.789. The zero-order valence-corrected chi connectivity index (χ0v) is 42.7. The molecule has 0 spiro atoms. The molecule has 66 heavy (non-hydrogen) atoms. The Morgan fingerprint density at radius 2 is 0.576 bits per heavy atom. The quantitative estimate of drug-likeness (QED) is 0.0253. The standard InChI is InChI=1S/C57H98O9/c1-4-7-10-13-16-22-31-40-51(58)43-34-25-19-28-37-46-55(61)64-49-54(66-57(63)48-39-30-21-27-36-45-53(60)42-33-24-18-15-12-9-6-3)50-65-56(62)47-38-29-20-26-35-44-52(59)41-32-23-17-14-11-8-5-2/h31-33,40-42,54H,4-30,34-39,43-50H2,1-3H3/b40-31+,41-32+,42-33+. The fourth-order valence-electron chi connectivity index (χ4n) is 7.67. The Hall–Kier alpha value is -3.36. The number of hydrogen-bond acceptors (Lipinski definition) is 9. The zero-order valence-electron chi connectivity index (χ0n) is 42.7. The van der Waals surface area contributed by atoms with Crippen LogP contribution in [0.15, 0.2) is 36.5 Å². The number of ether oxygens (including phenoxy) is 3. The molecule has 0 radical (unpaired) electrons. The Balaban J connectivity index is 4.56. The fourth-order valence-corrected chi connectivity index (χ4v) is 7.67. The average Bonchev–Trinajstić information content (AvgIpc) is 3.30. The third kappa shape index (κ3) is 47.1. The van der Waals surface area contributed by atoms with Crippen LogP contribution in [0.1, 0.15) is 271 Å². The van der Waals surface area contributed by atoms with Gasteiger partial charge in [-0.05, 0) is 95.3 Å². The molecule has 0 saturated carbocycles. The van der Waals surface area contributed by atoms with Crippen LogP contribution in [0, 0.1) is 0 Å². The molecule has 0 atom stereocenters. The van der Waals surface area contributed by atoms with Crippen molar-refractivity contribution in [3.63, 3.8) is 0 Å². The summed E-state index contributed by atoms with van der Waals surface area (Å²) in [5.74, 6) is -0.647. The van der Waals surface area contributed by atoms with Gasteiger partial charge in [0.2, 0.25) is 0 Å². The number of rotatable bonds is 50. The second-order valence-corrected chi connectivity index (χ2v) is 18.5. The van der Waals surface area contributed by atoms with Gasteiger partial charge in [0.1, 0.15) is 13.2 Å². The van der Waals surface area contributed by atoms with E-state index in [2.05, 4.69) is 20.8 Å². The van der Waals surface area contributed by atoms with Crippen LogP contribution in [0.3, 0.4) is 0 Å². The van der Waals surface area contributed by atoms with Gasteiger partial charge in [-0.15, -0.1) is 0 Å². The molecule has 0 aliphatic carbocycles. The summed E-state index contributed by atoms with van der Waals surface area (Å²) in [5, 5.41) is 0. The van der Waals surface area contributed by atoms with Crippen LogP contribution < -0.4 is 0 Å². The molecule has 9 nitrogen and oxygen atoms in total. The van der Waals surface area contributed by atoms with Gasteiger partial charge in [-0.2, -0.15) is 0 Å². The smallest absolute Gasteiger partial charge is 0.306 e. The predicted octanol–water partition coefficient (Wildman–Crippen LogP) is 15.6. The maximum Gasteiger partial charge on any atom is 0.306 e. The van der Waals surface area contributed by atoms with Crippen LogP contribution in [0.4, 0.5) is 0 Å². The summed E-state index contributed by atoms with van der Waals surface area (Å²) < 4.78 is 16.6. The molecule has 0 unspecified atom stereocenters. The van der Waals surface area contributed by atoms with Gasteiger partial charge >= 0.3 is 17.9 Å². The Bertz CT molecular complexity index is 1230. The minimum atomic E-state index is -0.888. The van der Waals surface area contributed by atoms with E-state index in [9.17, 15) is 28.8 Å². The number of allylic oxidation sites excluding steroid dienone is 6. The highest BCUT2D eigenvalue weighted by atomic mass is 16.6. The summed E-state index contributed by atoms with van der Waals surface area (Å²) in [4.78, 5) is 74.5. The van der Waals surface area contributed by atoms with Gasteiger partial charge in [0, 0.05) is 38.5 Å². The monoisotopic (exact) mass is 927 g/mol. The number of carbonyl (C=O) groups is 6. The molecule has 0 fully saturated rings. The Morgan fingerprint density at radius 3 is 0.894 bits per heavy atom. The van der Waals surface area contributed by atoms with E-state index in [1.54, 1.807) is 18.2 Å². The van der Waals surface area contributed by atoms with Crippen molar-refractivity contribution in [1.82, 2.24) is 0 Å². The van der Waals surface area contributed by atoms with Crippen molar-refractivity contribution in [2.75, 3.05) is 13.2 Å². The molecular formula is C57H98O9. The molecule has 0 aliphatic rings. The lowest BCUT2D eigenvalue weighted by molar-refractivity contribution is -0.167. The van der Waals surface area contributed by atoms with Crippen LogP contribution >= 0.6 is 0 Å². The van der Waals surface area contributed by atoms with Crippen LogP contribution in [-0.2, 0) is 43.0 Å². The topological polar surface area (TPSA) is 130 Å². The van der Waals surface area contributed by atoms with Gasteiger partial charge < -0.3 is 14.2 Å². The van der Waals surface area contributed by atoms with Gasteiger partial charge in [-0.3, -0.25) is 28.8 Å². The van der Waals surface area contributed by atoms with Gasteiger partial charge in [-0.25, -0.2) is 0 Å². The molecule has 380 valence electrons. The molecule has 9 heteroatoms. The van der Waals surface area contributed by atoms with Gasteiger partial charge in [0.15, 0.2) is 23.5 Å². The summed E-state index contributed by atoms with van der Waals surface area (Å²) >= 11 is 0. The molecule has 0 aromatic heterocycles. The number of hydrogen-bond donors (Lipinski definition) is 0. The Morgan fingerprint density at radius 1 is 0.318 bits per heavy atom. The lowest BCUT2D eigenvalue weighted by atomic mass is 10.1. The summed E-state index contributed by atoms with van der Waals surface area (Å²) in [6.45, 7) is 6.26. The summed E-state index contributed by atoms with van der Waals surface area (Å²) in [6, 6.07) is 0. The molecule has 0 aromatic rings. The van der Waals surface area contributed by atoms with E-state index in [1.807, 2.05) is 18.2 Å². The Kier molecular flexibility index (Phi) is 47.0. The van der Waals surface area contributed by atoms with Crippen molar-refractivity contribution in [1.29, 1.82) is 0 Å². The first kappa shape index (κ1) is 62.6. The summed E-state index contributed by atoms with van der Waals surface area (Å²) in [7, 11) is 0. The van der Waals surface area contributed by atoms with Gasteiger partial charge in [-0.1, -0.05) is 174 Å².